The van der Waals surface area contributed by atoms with Crippen molar-refractivity contribution >= 4 is 62.4 Å². The van der Waals surface area contributed by atoms with E-state index in [9.17, 15) is 9.59 Å². The van der Waals surface area contributed by atoms with Crippen LogP contribution in [-0.2, 0) is 9.59 Å². The number of halogens is 2. The van der Waals surface area contributed by atoms with Gasteiger partial charge >= 0.3 is 0 Å². The monoisotopic (exact) mass is 568 g/mol. The van der Waals surface area contributed by atoms with Crippen LogP contribution in [0, 0.1) is 5.92 Å². The van der Waals surface area contributed by atoms with Crippen LogP contribution in [0.3, 0.4) is 0 Å². The molecule has 6 rings (SSSR count). The standard InChI is InChI=1S/C26H22BrClN4O2S/c1-31-14-20(15-7-10-17(28)11-8-15)25(23(34)32(24(35)30-25)18-5-3-2-4-6-18)26(31)19-13-16(27)9-12-21(19)29-22(26)33/h2-13,19-21H,14H2,1H3,(H,29,33)(H,30,35)/t19-,20+,21?,25-,26-/m1/s1. The highest BCUT2D eigenvalue weighted by Gasteiger charge is 2.79. The van der Waals surface area contributed by atoms with Crippen molar-refractivity contribution in [2.45, 2.75) is 23.0 Å². The third kappa shape index (κ3) is 2.94. The number of hydrogen-bond acceptors (Lipinski definition) is 4. The van der Waals surface area contributed by atoms with Crippen LogP contribution in [0.15, 0.2) is 77.3 Å². The molecule has 2 N–H and O–H groups in total. The number of likely N-dealkylation sites (N-methyl/N-ethyl adjacent to an activating group) is 1. The fourth-order valence-electron chi connectivity index (χ4n) is 6.47. The van der Waals surface area contributed by atoms with Gasteiger partial charge in [0.2, 0.25) is 5.91 Å². The molecule has 1 unspecified atom stereocenters. The Morgan fingerprint density at radius 2 is 1.83 bits per heavy atom. The number of carbonyl (C=O) groups is 2. The van der Waals surface area contributed by atoms with Gasteiger partial charge in [0.25, 0.3) is 5.91 Å². The van der Waals surface area contributed by atoms with Gasteiger partial charge in [-0.15, -0.1) is 0 Å². The van der Waals surface area contributed by atoms with Crippen molar-refractivity contribution in [2.24, 2.45) is 5.92 Å². The van der Waals surface area contributed by atoms with E-state index in [1.54, 1.807) is 0 Å². The molecule has 1 aliphatic carbocycles. The number of para-hydroxylation sites is 1. The van der Waals surface area contributed by atoms with E-state index in [2.05, 4.69) is 26.6 Å². The lowest BCUT2D eigenvalue weighted by molar-refractivity contribution is -0.139. The predicted octanol–water partition coefficient (Wildman–Crippen LogP) is 3.73. The van der Waals surface area contributed by atoms with E-state index < -0.39 is 11.1 Å². The summed E-state index contributed by atoms with van der Waals surface area (Å²) in [5, 5.41) is 7.49. The molecule has 0 bridgehead atoms. The number of amides is 2. The molecule has 178 valence electrons. The molecule has 35 heavy (non-hydrogen) atoms. The summed E-state index contributed by atoms with van der Waals surface area (Å²) in [6, 6.07) is 16.6. The van der Waals surface area contributed by atoms with Crippen molar-refractivity contribution in [3.05, 3.63) is 87.9 Å². The topological polar surface area (TPSA) is 64.7 Å². The van der Waals surface area contributed by atoms with E-state index in [0.29, 0.717) is 22.4 Å². The fraction of sp³-hybridized carbons (Fsp3) is 0.269. The summed E-state index contributed by atoms with van der Waals surface area (Å²) in [6.07, 6.45) is 5.95. The van der Waals surface area contributed by atoms with Gasteiger partial charge < -0.3 is 10.6 Å². The molecule has 0 radical (unpaired) electrons. The second-order valence-electron chi connectivity index (χ2n) is 9.40. The zero-order valence-electron chi connectivity index (χ0n) is 18.7. The Labute approximate surface area is 222 Å². The Kier molecular flexibility index (Phi) is 5.23. The van der Waals surface area contributed by atoms with Gasteiger partial charge in [0, 0.05) is 27.9 Å². The number of fused-ring (bicyclic) bond motifs is 3. The minimum absolute atomic E-state index is 0.187. The fourth-order valence-corrected chi connectivity index (χ4v) is 7.38. The predicted molar refractivity (Wildman–Crippen MR) is 144 cm³/mol. The number of carbonyl (C=O) groups excluding carboxylic acids is 2. The molecule has 3 fully saturated rings. The summed E-state index contributed by atoms with van der Waals surface area (Å²) in [7, 11) is 1.92. The van der Waals surface area contributed by atoms with Gasteiger partial charge in [-0.05, 0) is 49.1 Å². The summed E-state index contributed by atoms with van der Waals surface area (Å²) < 4.78 is 0.876. The number of rotatable bonds is 2. The minimum atomic E-state index is -1.33. The van der Waals surface area contributed by atoms with Crippen LogP contribution in [0.1, 0.15) is 11.5 Å². The highest BCUT2D eigenvalue weighted by Crippen LogP contribution is 2.57. The first kappa shape index (κ1) is 22.9. The SMILES string of the molecule is CN1C[C@@H](c2ccc(Cl)cc2)[C@]2(NC(=S)N(c3ccccc3)C2=O)[C@@]12C(=O)NC1C=CC(Br)=C[C@H]12. The van der Waals surface area contributed by atoms with Gasteiger partial charge in [-0.3, -0.25) is 19.4 Å². The van der Waals surface area contributed by atoms with Gasteiger partial charge in [0.1, 0.15) is 5.54 Å². The molecular formula is C26H22BrClN4O2S. The van der Waals surface area contributed by atoms with Crippen LogP contribution in [0.4, 0.5) is 5.69 Å². The number of nitrogens with one attached hydrogen (secondary N) is 2. The van der Waals surface area contributed by atoms with Crippen LogP contribution in [0.5, 0.6) is 0 Å². The minimum Gasteiger partial charge on any atom is -0.347 e. The molecule has 2 amide bonds. The Balaban J connectivity index is 1.61. The summed E-state index contributed by atoms with van der Waals surface area (Å²) in [6.45, 7) is 0.484. The van der Waals surface area contributed by atoms with Crippen molar-refractivity contribution in [3.8, 4) is 0 Å². The molecule has 5 atom stereocenters. The molecule has 3 aliphatic heterocycles. The number of anilines is 1. The molecular weight excluding hydrogens is 548 g/mol. The van der Waals surface area contributed by atoms with Crippen LogP contribution < -0.4 is 15.5 Å². The third-order valence-electron chi connectivity index (χ3n) is 7.83. The van der Waals surface area contributed by atoms with Gasteiger partial charge in [-0.25, -0.2) is 0 Å². The lowest BCUT2D eigenvalue weighted by atomic mass is 9.63. The lowest BCUT2D eigenvalue weighted by Gasteiger charge is -2.45. The molecule has 2 aromatic rings. The Bertz CT molecular complexity index is 1320. The van der Waals surface area contributed by atoms with Crippen molar-refractivity contribution < 1.29 is 9.59 Å². The maximum atomic E-state index is 14.7. The second-order valence-corrected chi connectivity index (χ2v) is 11.1. The van der Waals surface area contributed by atoms with E-state index in [0.717, 1.165) is 10.0 Å². The first-order valence-electron chi connectivity index (χ1n) is 11.4. The zero-order chi connectivity index (χ0) is 24.5. The molecule has 4 aliphatic rings. The van der Waals surface area contributed by atoms with E-state index in [1.165, 1.54) is 4.90 Å². The maximum Gasteiger partial charge on any atom is 0.262 e. The molecule has 9 heteroatoms. The van der Waals surface area contributed by atoms with Crippen LogP contribution in [0.25, 0.3) is 0 Å². The van der Waals surface area contributed by atoms with E-state index in [-0.39, 0.29) is 29.7 Å². The number of hydrogen-bond donors (Lipinski definition) is 2. The summed E-state index contributed by atoms with van der Waals surface area (Å²) >= 11 is 15.6. The molecule has 3 heterocycles. The van der Waals surface area contributed by atoms with Gasteiger partial charge in [-0.1, -0.05) is 76.1 Å². The largest absolute Gasteiger partial charge is 0.347 e. The molecule has 2 aromatic carbocycles. The van der Waals surface area contributed by atoms with E-state index >= 15 is 0 Å². The van der Waals surface area contributed by atoms with Gasteiger partial charge in [0.05, 0.1) is 11.7 Å². The Morgan fingerprint density at radius 3 is 2.54 bits per heavy atom. The van der Waals surface area contributed by atoms with Crippen LogP contribution in [0.2, 0.25) is 5.02 Å². The molecule has 6 nitrogen and oxygen atoms in total. The maximum absolute atomic E-state index is 14.7. The van der Waals surface area contributed by atoms with Crippen LogP contribution >= 0.6 is 39.7 Å². The summed E-state index contributed by atoms with van der Waals surface area (Å²) in [4.78, 5) is 32.3. The van der Waals surface area contributed by atoms with Crippen molar-refractivity contribution in [3.63, 3.8) is 0 Å². The third-order valence-corrected chi connectivity index (χ3v) is 8.90. The molecule has 2 spiro atoms. The smallest absolute Gasteiger partial charge is 0.262 e. The van der Waals surface area contributed by atoms with E-state index in [1.807, 2.05) is 84.8 Å². The molecule has 3 saturated heterocycles. The first-order chi connectivity index (χ1) is 16.8. The quantitative estimate of drug-likeness (QED) is 0.540. The van der Waals surface area contributed by atoms with Crippen molar-refractivity contribution in [1.82, 2.24) is 15.5 Å². The van der Waals surface area contributed by atoms with Gasteiger partial charge in [0.15, 0.2) is 10.7 Å². The zero-order valence-corrected chi connectivity index (χ0v) is 21.9. The Hall–Kier alpha value is -2.52. The lowest BCUT2D eigenvalue weighted by Crippen LogP contribution is -2.72. The van der Waals surface area contributed by atoms with Crippen molar-refractivity contribution in [1.29, 1.82) is 0 Å². The number of benzene rings is 2. The summed E-state index contributed by atoms with van der Waals surface area (Å²) in [5.41, 5.74) is -0.957. The van der Waals surface area contributed by atoms with E-state index in [4.69, 9.17) is 23.8 Å². The van der Waals surface area contributed by atoms with Gasteiger partial charge in [-0.2, -0.15) is 0 Å². The average Bonchev–Trinajstić information content (AvgIpc) is 3.39. The second kappa shape index (κ2) is 8.00. The first-order valence-corrected chi connectivity index (χ1v) is 12.9. The number of allylic oxidation sites excluding steroid dienone is 2. The number of nitrogens with zero attached hydrogens (tertiary/aromatic N) is 2. The summed E-state index contributed by atoms with van der Waals surface area (Å²) in [5.74, 6) is -1.07. The molecule has 0 aromatic heterocycles. The van der Waals surface area contributed by atoms with Crippen molar-refractivity contribution in [2.75, 3.05) is 18.5 Å². The Morgan fingerprint density at radius 1 is 1.11 bits per heavy atom. The number of likely N-dealkylation sites (tertiary alicyclic amines) is 1. The average molecular weight is 570 g/mol. The van der Waals surface area contributed by atoms with Crippen LogP contribution in [-0.4, -0.2) is 52.5 Å². The highest BCUT2D eigenvalue weighted by molar-refractivity contribution is 9.11. The highest BCUT2D eigenvalue weighted by atomic mass is 79.9. The molecule has 0 saturated carbocycles. The number of thiocarbonyl (C=S) groups is 1. The normalized spacial score (nSPS) is 33.9.